The summed E-state index contributed by atoms with van der Waals surface area (Å²) in [6, 6.07) is 13.2. The van der Waals surface area contributed by atoms with Gasteiger partial charge in [0.05, 0.1) is 10.6 Å². The normalized spacial score (nSPS) is 11.5. The second kappa shape index (κ2) is 7.17. The number of benzene rings is 2. The van der Waals surface area contributed by atoms with Gasteiger partial charge in [0, 0.05) is 22.5 Å². The van der Waals surface area contributed by atoms with Gasteiger partial charge in [-0.3, -0.25) is 4.57 Å². The number of aromatic carboxylic acids is 1. The molecule has 1 heterocycles. The molecule has 140 valence electrons. The van der Waals surface area contributed by atoms with Gasteiger partial charge >= 0.3 is 5.97 Å². The largest absolute Gasteiger partial charge is 0.476 e. The number of rotatable bonds is 5. The second-order valence-corrected chi connectivity index (χ2v) is 8.45. The predicted octanol–water partition coefficient (Wildman–Crippen LogP) is 3.86. The number of carboxylic acids is 1. The van der Waals surface area contributed by atoms with Crippen LogP contribution >= 0.6 is 11.6 Å². The lowest BCUT2D eigenvalue weighted by molar-refractivity contribution is 0.0690. The van der Waals surface area contributed by atoms with E-state index in [1.807, 2.05) is 6.92 Å². The maximum Gasteiger partial charge on any atom is 0.356 e. The monoisotopic (exact) mass is 404 g/mol. The van der Waals surface area contributed by atoms with E-state index in [0.29, 0.717) is 34.2 Å². The first-order valence-corrected chi connectivity index (χ1v) is 10.4. The van der Waals surface area contributed by atoms with Gasteiger partial charge in [0.1, 0.15) is 5.82 Å². The van der Waals surface area contributed by atoms with Crippen molar-refractivity contribution in [3.05, 3.63) is 64.9 Å². The van der Waals surface area contributed by atoms with Gasteiger partial charge in [-0.25, -0.2) is 18.2 Å². The van der Waals surface area contributed by atoms with Crippen LogP contribution < -0.4 is 0 Å². The van der Waals surface area contributed by atoms with Crippen molar-refractivity contribution in [1.29, 1.82) is 0 Å². The van der Waals surface area contributed by atoms with Gasteiger partial charge < -0.3 is 5.11 Å². The first-order valence-electron chi connectivity index (χ1n) is 8.13. The predicted molar refractivity (Wildman–Crippen MR) is 103 cm³/mol. The van der Waals surface area contributed by atoms with Crippen molar-refractivity contribution < 1.29 is 18.3 Å². The molecule has 0 aliphatic rings. The summed E-state index contributed by atoms with van der Waals surface area (Å²) in [7, 11) is -3.33. The molecule has 27 heavy (non-hydrogen) atoms. The molecule has 3 rings (SSSR count). The van der Waals surface area contributed by atoms with Crippen LogP contribution in [0.2, 0.25) is 5.02 Å². The van der Waals surface area contributed by atoms with Crippen LogP contribution in [0.1, 0.15) is 23.1 Å². The molecule has 0 bridgehead atoms. The summed E-state index contributed by atoms with van der Waals surface area (Å²) in [4.78, 5) is 16.2. The Kier molecular flexibility index (Phi) is 5.08. The number of carbonyl (C=O) groups is 1. The smallest absolute Gasteiger partial charge is 0.356 e. The molecular weight excluding hydrogens is 388 g/mol. The van der Waals surface area contributed by atoms with Crippen LogP contribution in [-0.2, 0) is 16.3 Å². The number of nitrogens with zero attached hydrogens (tertiary/aromatic N) is 2. The molecule has 2 aromatic carbocycles. The van der Waals surface area contributed by atoms with E-state index >= 15 is 0 Å². The minimum absolute atomic E-state index is 0.0327. The van der Waals surface area contributed by atoms with Gasteiger partial charge in [-0.2, -0.15) is 0 Å². The molecule has 8 heteroatoms. The zero-order chi connectivity index (χ0) is 19.8. The summed E-state index contributed by atoms with van der Waals surface area (Å²) in [6.45, 7) is 1.84. The van der Waals surface area contributed by atoms with Crippen molar-refractivity contribution in [2.75, 3.05) is 6.26 Å². The number of aromatic nitrogens is 2. The fourth-order valence-electron chi connectivity index (χ4n) is 2.86. The molecule has 0 atom stereocenters. The molecule has 1 N–H and O–H groups in total. The van der Waals surface area contributed by atoms with Crippen molar-refractivity contribution in [1.82, 2.24) is 9.55 Å². The van der Waals surface area contributed by atoms with Gasteiger partial charge in [-0.15, -0.1) is 0 Å². The molecule has 0 saturated carbocycles. The van der Waals surface area contributed by atoms with Gasteiger partial charge in [-0.1, -0.05) is 18.5 Å². The molecule has 0 unspecified atom stereocenters. The third-order valence-corrected chi connectivity index (χ3v) is 5.52. The second-order valence-electron chi connectivity index (χ2n) is 6.00. The molecule has 0 radical (unpaired) electrons. The van der Waals surface area contributed by atoms with E-state index in [2.05, 4.69) is 4.98 Å². The van der Waals surface area contributed by atoms with Crippen LogP contribution in [0.25, 0.3) is 17.1 Å². The zero-order valence-corrected chi connectivity index (χ0v) is 16.3. The first-order chi connectivity index (χ1) is 12.7. The maximum absolute atomic E-state index is 11.7. The maximum atomic E-state index is 11.7. The van der Waals surface area contributed by atoms with E-state index in [-0.39, 0.29) is 10.6 Å². The van der Waals surface area contributed by atoms with Crippen molar-refractivity contribution >= 4 is 27.4 Å². The number of hydrogen-bond acceptors (Lipinski definition) is 4. The Morgan fingerprint density at radius 3 is 2.19 bits per heavy atom. The Balaban J connectivity index is 2.26. The average Bonchev–Trinajstić information content (AvgIpc) is 3.01. The molecule has 0 saturated heterocycles. The van der Waals surface area contributed by atoms with Crippen molar-refractivity contribution in [3.63, 3.8) is 0 Å². The lowest BCUT2D eigenvalue weighted by Crippen LogP contribution is -2.06. The van der Waals surface area contributed by atoms with E-state index < -0.39 is 15.8 Å². The molecular formula is C19H17ClN2O4S. The third-order valence-electron chi connectivity index (χ3n) is 4.14. The fraction of sp³-hybridized carbons (Fsp3) is 0.158. The highest BCUT2D eigenvalue weighted by atomic mass is 35.5. The summed E-state index contributed by atoms with van der Waals surface area (Å²) >= 11 is 5.95. The Morgan fingerprint density at radius 1 is 1.11 bits per heavy atom. The average molecular weight is 405 g/mol. The minimum Gasteiger partial charge on any atom is -0.476 e. The highest BCUT2D eigenvalue weighted by Gasteiger charge is 2.23. The quantitative estimate of drug-likeness (QED) is 0.697. The Hall–Kier alpha value is -2.64. The molecule has 0 fully saturated rings. The summed E-state index contributed by atoms with van der Waals surface area (Å²) < 4.78 is 25.2. The van der Waals surface area contributed by atoms with Crippen molar-refractivity contribution in [3.8, 4) is 17.1 Å². The Morgan fingerprint density at radius 2 is 1.70 bits per heavy atom. The van der Waals surface area contributed by atoms with Crippen LogP contribution in [-0.4, -0.2) is 35.3 Å². The van der Waals surface area contributed by atoms with Gasteiger partial charge in [0.25, 0.3) is 0 Å². The summed E-state index contributed by atoms with van der Waals surface area (Å²) in [5.74, 6) is -0.665. The number of halogens is 1. The summed E-state index contributed by atoms with van der Waals surface area (Å²) in [5, 5.41) is 10.1. The third kappa shape index (κ3) is 3.74. The van der Waals surface area contributed by atoms with Gasteiger partial charge in [0.2, 0.25) is 0 Å². The van der Waals surface area contributed by atoms with Crippen LogP contribution in [0.4, 0.5) is 0 Å². The molecule has 0 amide bonds. The minimum atomic E-state index is -3.33. The Labute approximate surface area is 162 Å². The molecule has 3 aromatic rings. The lowest BCUT2D eigenvalue weighted by Gasteiger charge is -2.12. The van der Waals surface area contributed by atoms with E-state index in [1.165, 1.54) is 12.1 Å². The Bertz CT molecular complexity index is 1100. The number of hydrogen-bond donors (Lipinski definition) is 1. The van der Waals surface area contributed by atoms with Crippen LogP contribution in [0.5, 0.6) is 0 Å². The van der Waals surface area contributed by atoms with Crippen LogP contribution in [0, 0.1) is 0 Å². The number of sulfone groups is 1. The topological polar surface area (TPSA) is 89.3 Å². The zero-order valence-electron chi connectivity index (χ0n) is 14.7. The number of carboxylic acid groups (broad SMARTS) is 1. The molecule has 0 aliphatic heterocycles. The van der Waals surface area contributed by atoms with Crippen molar-refractivity contribution in [2.24, 2.45) is 0 Å². The molecule has 1 aromatic heterocycles. The highest BCUT2D eigenvalue weighted by molar-refractivity contribution is 7.90. The van der Waals surface area contributed by atoms with E-state index in [1.54, 1.807) is 41.0 Å². The van der Waals surface area contributed by atoms with Crippen molar-refractivity contribution in [2.45, 2.75) is 18.2 Å². The van der Waals surface area contributed by atoms with Crippen LogP contribution in [0.3, 0.4) is 0 Å². The highest BCUT2D eigenvalue weighted by Crippen LogP contribution is 2.29. The van der Waals surface area contributed by atoms with E-state index in [4.69, 9.17) is 11.6 Å². The van der Waals surface area contributed by atoms with Crippen LogP contribution in [0.15, 0.2) is 53.4 Å². The molecule has 6 nitrogen and oxygen atoms in total. The lowest BCUT2D eigenvalue weighted by atomic mass is 10.2. The summed E-state index contributed by atoms with van der Waals surface area (Å²) in [5.41, 5.74) is 1.83. The molecule has 0 spiro atoms. The first kappa shape index (κ1) is 19.1. The fourth-order valence-corrected chi connectivity index (χ4v) is 3.62. The molecule has 0 aliphatic carbocycles. The van der Waals surface area contributed by atoms with Gasteiger partial charge in [0.15, 0.2) is 15.5 Å². The SMILES string of the molecule is CCc1c(C(=O)O)nc(-c2ccc(Cl)cc2)n1-c1ccc(S(C)(=O)=O)cc1. The van der Waals surface area contributed by atoms with E-state index in [0.717, 1.165) is 6.26 Å². The summed E-state index contributed by atoms with van der Waals surface area (Å²) in [6.07, 6.45) is 1.58. The standard InChI is InChI=1S/C19H17ClN2O4S/c1-3-16-17(19(23)24)21-18(12-4-6-13(20)7-5-12)22(16)14-8-10-15(11-9-14)27(2,25)26/h4-11H,3H2,1-2H3,(H,23,24). The van der Waals surface area contributed by atoms with Gasteiger partial charge in [-0.05, 0) is 55.0 Å². The number of imidazole rings is 1. The van der Waals surface area contributed by atoms with E-state index in [9.17, 15) is 18.3 Å².